The van der Waals surface area contributed by atoms with Crippen molar-refractivity contribution in [3.63, 3.8) is 0 Å². The minimum absolute atomic E-state index is 0.255. The van der Waals surface area contributed by atoms with Gasteiger partial charge in [-0.15, -0.1) is 0 Å². The molecule has 9 heteroatoms. The first-order chi connectivity index (χ1) is 17.2. The van der Waals surface area contributed by atoms with Gasteiger partial charge in [0.25, 0.3) is 11.8 Å². The SMILES string of the molecule is O=C1COc2ccccc2OCC(=O)Nc2ccccc2OCCOCCOc2ccccc2N1. The zero-order valence-electron chi connectivity index (χ0n) is 19.0. The summed E-state index contributed by atoms with van der Waals surface area (Å²) >= 11 is 0. The zero-order chi connectivity index (χ0) is 24.3. The molecule has 0 aromatic heterocycles. The molecule has 0 saturated heterocycles. The van der Waals surface area contributed by atoms with Gasteiger partial charge in [0.15, 0.2) is 24.7 Å². The second kappa shape index (κ2) is 12.3. The van der Waals surface area contributed by atoms with Crippen molar-refractivity contribution in [2.45, 2.75) is 0 Å². The number of fused-ring (bicyclic) bond motifs is 3. The van der Waals surface area contributed by atoms with Gasteiger partial charge in [-0.25, -0.2) is 0 Å². The number of para-hydroxylation sites is 6. The van der Waals surface area contributed by atoms with Crippen molar-refractivity contribution in [3.8, 4) is 23.0 Å². The topological polar surface area (TPSA) is 104 Å². The van der Waals surface area contributed by atoms with E-state index in [1.54, 1.807) is 60.7 Å². The van der Waals surface area contributed by atoms with E-state index in [0.717, 1.165) is 0 Å². The number of hydrogen-bond acceptors (Lipinski definition) is 7. The Morgan fingerprint density at radius 3 is 1.34 bits per heavy atom. The lowest BCUT2D eigenvalue weighted by Crippen LogP contribution is -2.22. The Hall–Kier alpha value is -4.24. The number of nitrogens with one attached hydrogen (secondary N) is 2. The zero-order valence-corrected chi connectivity index (χ0v) is 19.0. The summed E-state index contributed by atoms with van der Waals surface area (Å²) in [4.78, 5) is 25.0. The predicted octanol–water partition coefficient (Wildman–Crippen LogP) is 3.51. The third-order valence-corrected chi connectivity index (χ3v) is 4.86. The molecule has 1 aliphatic heterocycles. The molecular formula is C26H26N2O7. The van der Waals surface area contributed by atoms with E-state index in [-0.39, 0.29) is 25.0 Å². The molecule has 9 nitrogen and oxygen atoms in total. The van der Waals surface area contributed by atoms with E-state index in [4.69, 9.17) is 23.7 Å². The molecule has 3 aromatic rings. The molecule has 0 aliphatic carbocycles. The van der Waals surface area contributed by atoms with Crippen LogP contribution in [0.4, 0.5) is 11.4 Å². The van der Waals surface area contributed by atoms with Crippen LogP contribution < -0.4 is 29.6 Å². The summed E-state index contributed by atoms with van der Waals surface area (Å²) in [5, 5.41) is 5.57. The summed E-state index contributed by atoms with van der Waals surface area (Å²) in [6.45, 7) is 0.744. The molecule has 0 atom stereocenters. The Balaban J connectivity index is 1.49. The molecule has 0 fully saturated rings. The van der Waals surface area contributed by atoms with Crippen LogP contribution in [0.25, 0.3) is 0 Å². The quantitative estimate of drug-likeness (QED) is 0.510. The van der Waals surface area contributed by atoms with Gasteiger partial charge in [-0.3, -0.25) is 9.59 Å². The van der Waals surface area contributed by atoms with Crippen LogP contribution in [0.2, 0.25) is 0 Å². The van der Waals surface area contributed by atoms with E-state index in [9.17, 15) is 9.59 Å². The van der Waals surface area contributed by atoms with Crippen LogP contribution in [-0.4, -0.2) is 51.5 Å². The van der Waals surface area contributed by atoms with Gasteiger partial charge in [-0.2, -0.15) is 0 Å². The van der Waals surface area contributed by atoms with E-state index >= 15 is 0 Å². The van der Waals surface area contributed by atoms with E-state index in [2.05, 4.69) is 10.6 Å². The molecule has 35 heavy (non-hydrogen) atoms. The van der Waals surface area contributed by atoms with Gasteiger partial charge in [0.1, 0.15) is 24.7 Å². The summed E-state index contributed by atoms with van der Waals surface area (Å²) in [6.07, 6.45) is 0. The molecule has 4 rings (SSSR count). The Kier molecular flexibility index (Phi) is 8.39. The number of rotatable bonds is 0. The number of hydrogen-bond donors (Lipinski definition) is 2. The molecular weight excluding hydrogens is 452 g/mol. The van der Waals surface area contributed by atoms with Gasteiger partial charge >= 0.3 is 0 Å². The third kappa shape index (κ3) is 7.12. The Morgan fingerprint density at radius 1 is 0.486 bits per heavy atom. The molecule has 0 spiro atoms. The maximum Gasteiger partial charge on any atom is 0.262 e. The summed E-state index contributed by atoms with van der Waals surface area (Å²) in [7, 11) is 0. The maximum atomic E-state index is 12.5. The van der Waals surface area contributed by atoms with E-state index in [1.807, 2.05) is 12.1 Å². The van der Waals surface area contributed by atoms with Crippen LogP contribution in [0.3, 0.4) is 0 Å². The molecule has 2 amide bonds. The average molecular weight is 479 g/mol. The van der Waals surface area contributed by atoms with Gasteiger partial charge in [0.05, 0.1) is 24.6 Å². The predicted molar refractivity (Wildman–Crippen MR) is 129 cm³/mol. The van der Waals surface area contributed by atoms with Crippen molar-refractivity contribution < 1.29 is 33.3 Å². The van der Waals surface area contributed by atoms with Gasteiger partial charge in [0, 0.05) is 0 Å². The lowest BCUT2D eigenvalue weighted by atomic mass is 10.3. The molecule has 0 saturated carbocycles. The summed E-state index contributed by atoms with van der Waals surface area (Å²) in [5.74, 6) is 0.982. The molecule has 0 unspecified atom stereocenters. The Morgan fingerprint density at radius 2 is 0.886 bits per heavy atom. The first-order valence-electron chi connectivity index (χ1n) is 11.1. The summed E-state index contributed by atoms with van der Waals surface area (Å²) < 4.78 is 28.4. The van der Waals surface area contributed by atoms with Crippen LogP contribution in [0, 0.1) is 0 Å². The number of carbonyl (C=O) groups is 2. The normalized spacial score (nSPS) is 15.5. The monoisotopic (exact) mass is 478 g/mol. The van der Waals surface area contributed by atoms with Gasteiger partial charge < -0.3 is 34.3 Å². The van der Waals surface area contributed by atoms with E-state index in [1.165, 1.54) is 0 Å². The highest BCUT2D eigenvalue weighted by Crippen LogP contribution is 2.28. The van der Waals surface area contributed by atoms with Crippen molar-refractivity contribution in [1.82, 2.24) is 0 Å². The summed E-state index contributed by atoms with van der Waals surface area (Å²) in [6, 6.07) is 21.1. The molecule has 2 N–H and O–H groups in total. The van der Waals surface area contributed by atoms with Gasteiger partial charge in [-0.05, 0) is 36.4 Å². The fraction of sp³-hybridized carbons (Fsp3) is 0.231. The average Bonchev–Trinajstić information content (AvgIpc) is 2.87. The molecule has 1 heterocycles. The number of ether oxygens (including phenoxy) is 5. The molecule has 0 radical (unpaired) electrons. The maximum absolute atomic E-state index is 12.5. The fourth-order valence-corrected chi connectivity index (χ4v) is 3.26. The minimum atomic E-state index is -0.371. The van der Waals surface area contributed by atoms with Crippen LogP contribution in [0.5, 0.6) is 23.0 Å². The van der Waals surface area contributed by atoms with Crippen LogP contribution in [0.1, 0.15) is 0 Å². The second-order valence-electron chi connectivity index (χ2n) is 7.42. The molecule has 182 valence electrons. The first-order valence-corrected chi connectivity index (χ1v) is 11.1. The Labute approximate surface area is 202 Å². The third-order valence-electron chi connectivity index (χ3n) is 4.86. The van der Waals surface area contributed by atoms with Crippen molar-refractivity contribution in [2.75, 3.05) is 50.3 Å². The highest BCUT2D eigenvalue weighted by Gasteiger charge is 2.13. The minimum Gasteiger partial charge on any atom is -0.489 e. The number of amides is 2. The van der Waals surface area contributed by atoms with Crippen molar-refractivity contribution in [3.05, 3.63) is 72.8 Å². The smallest absolute Gasteiger partial charge is 0.262 e. The summed E-state index contributed by atoms with van der Waals surface area (Å²) in [5.41, 5.74) is 1.04. The molecule has 3 aromatic carbocycles. The Bertz CT molecular complexity index is 1060. The number of anilines is 2. The number of carbonyl (C=O) groups excluding carboxylic acids is 2. The lowest BCUT2D eigenvalue weighted by molar-refractivity contribution is -0.119. The lowest BCUT2D eigenvalue weighted by Gasteiger charge is -2.14. The highest BCUT2D eigenvalue weighted by molar-refractivity contribution is 5.94. The van der Waals surface area contributed by atoms with Crippen molar-refractivity contribution >= 4 is 23.2 Å². The van der Waals surface area contributed by atoms with Gasteiger partial charge in [0.2, 0.25) is 0 Å². The standard InChI is InChI=1S/C26H26N2O7/c29-25-17-34-23-11-5-6-12-24(23)35-18-26(30)28-20-8-2-4-10-22(20)33-16-14-31-13-15-32-21-9-3-1-7-19(21)27-25/h1-12H,13-18H2,(H,27,29)(H,28,30). The van der Waals surface area contributed by atoms with Gasteiger partial charge in [-0.1, -0.05) is 36.4 Å². The van der Waals surface area contributed by atoms with Crippen LogP contribution in [-0.2, 0) is 14.3 Å². The van der Waals surface area contributed by atoms with E-state index in [0.29, 0.717) is 60.8 Å². The van der Waals surface area contributed by atoms with Crippen molar-refractivity contribution in [1.29, 1.82) is 0 Å². The van der Waals surface area contributed by atoms with Crippen LogP contribution >= 0.6 is 0 Å². The second-order valence-corrected chi connectivity index (χ2v) is 7.42. The largest absolute Gasteiger partial charge is 0.489 e. The first kappa shape index (κ1) is 23.9. The van der Waals surface area contributed by atoms with E-state index < -0.39 is 0 Å². The van der Waals surface area contributed by atoms with Crippen molar-refractivity contribution in [2.24, 2.45) is 0 Å². The van der Waals surface area contributed by atoms with Crippen LogP contribution in [0.15, 0.2) is 72.8 Å². The molecule has 0 bridgehead atoms. The molecule has 1 aliphatic rings. The highest BCUT2D eigenvalue weighted by atomic mass is 16.5. The fourth-order valence-electron chi connectivity index (χ4n) is 3.26. The number of benzene rings is 3.